The van der Waals surface area contributed by atoms with Crippen molar-refractivity contribution in [1.82, 2.24) is 10.2 Å². The first kappa shape index (κ1) is 16.4. The van der Waals surface area contributed by atoms with E-state index in [1.54, 1.807) is 31.3 Å². The molecule has 4 heteroatoms. The second-order valence-electron chi connectivity index (χ2n) is 3.76. The van der Waals surface area contributed by atoms with Crippen molar-refractivity contribution in [2.24, 2.45) is 0 Å². The first-order valence-corrected chi connectivity index (χ1v) is 6.23. The van der Waals surface area contributed by atoms with E-state index in [0.717, 1.165) is 12.3 Å². The second kappa shape index (κ2) is 9.48. The molecule has 0 radical (unpaired) electrons. The Morgan fingerprint density at radius 3 is 2.22 bits per heavy atom. The van der Waals surface area contributed by atoms with Crippen LogP contribution in [0.15, 0.2) is 24.3 Å². The molecule has 4 nitrogen and oxygen atoms in total. The molecular weight excluding hydrogens is 228 g/mol. The zero-order valence-electron chi connectivity index (χ0n) is 12.0. The lowest BCUT2D eigenvalue weighted by Crippen LogP contribution is -2.19. The Labute approximate surface area is 110 Å². The van der Waals surface area contributed by atoms with Crippen molar-refractivity contribution in [2.75, 3.05) is 34.3 Å². The standard InChI is InChI=1S/C12H18N2O2.C2H6/c1-13-12(15)10-4-6-11(7-5-10)16-9-8-14(2)3;1-2/h4-7H,8-9H2,1-3H3,(H,13,15);1-2H3. The number of ether oxygens (including phenoxy) is 1. The Balaban J connectivity index is 0.00000137. The molecule has 0 heterocycles. The van der Waals surface area contributed by atoms with Gasteiger partial charge >= 0.3 is 0 Å². The van der Waals surface area contributed by atoms with Gasteiger partial charge in [-0.15, -0.1) is 0 Å². The summed E-state index contributed by atoms with van der Waals surface area (Å²) in [4.78, 5) is 13.3. The highest BCUT2D eigenvalue weighted by atomic mass is 16.5. The van der Waals surface area contributed by atoms with E-state index in [-0.39, 0.29) is 5.91 Å². The van der Waals surface area contributed by atoms with Crippen molar-refractivity contribution in [3.05, 3.63) is 29.8 Å². The number of rotatable bonds is 5. The molecule has 0 saturated carbocycles. The van der Waals surface area contributed by atoms with E-state index in [9.17, 15) is 4.79 Å². The van der Waals surface area contributed by atoms with Gasteiger partial charge in [0.05, 0.1) is 0 Å². The zero-order chi connectivity index (χ0) is 14.0. The highest BCUT2D eigenvalue weighted by Crippen LogP contribution is 2.11. The fraction of sp³-hybridized carbons (Fsp3) is 0.500. The smallest absolute Gasteiger partial charge is 0.251 e. The molecular formula is C14H24N2O2. The summed E-state index contributed by atoms with van der Waals surface area (Å²) in [6.45, 7) is 5.52. The Bertz CT molecular complexity index is 334. The molecule has 0 unspecified atom stereocenters. The summed E-state index contributed by atoms with van der Waals surface area (Å²) in [5.74, 6) is 0.703. The molecule has 1 aromatic carbocycles. The molecule has 0 fully saturated rings. The molecule has 0 aromatic heterocycles. The Hall–Kier alpha value is -1.55. The minimum Gasteiger partial charge on any atom is -0.492 e. The zero-order valence-corrected chi connectivity index (χ0v) is 12.0. The number of benzene rings is 1. The van der Waals surface area contributed by atoms with Crippen LogP contribution in [0.3, 0.4) is 0 Å². The fourth-order valence-electron chi connectivity index (χ4n) is 1.19. The van der Waals surface area contributed by atoms with Crippen molar-refractivity contribution >= 4 is 5.91 Å². The maximum absolute atomic E-state index is 11.3. The number of nitrogens with zero attached hydrogens (tertiary/aromatic N) is 1. The van der Waals surface area contributed by atoms with Crippen molar-refractivity contribution in [3.8, 4) is 5.75 Å². The van der Waals surface area contributed by atoms with Gasteiger partial charge in [0.25, 0.3) is 5.91 Å². The van der Waals surface area contributed by atoms with Crippen LogP contribution in [0.4, 0.5) is 0 Å². The molecule has 0 bridgehead atoms. The highest BCUT2D eigenvalue weighted by molar-refractivity contribution is 5.94. The van der Waals surface area contributed by atoms with E-state index in [1.807, 2.05) is 27.9 Å². The Morgan fingerprint density at radius 1 is 1.22 bits per heavy atom. The largest absolute Gasteiger partial charge is 0.492 e. The average Bonchev–Trinajstić information content (AvgIpc) is 2.40. The summed E-state index contributed by atoms with van der Waals surface area (Å²) in [6.07, 6.45) is 0. The first-order valence-electron chi connectivity index (χ1n) is 6.23. The molecule has 102 valence electrons. The minimum absolute atomic E-state index is 0.0835. The van der Waals surface area contributed by atoms with Gasteiger partial charge in [-0.3, -0.25) is 4.79 Å². The van der Waals surface area contributed by atoms with Gasteiger partial charge in [-0.1, -0.05) is 13.8 Å². The Morgan fingerprint density at radius 2 is 1.78 bits per heavy atom. The van der Waals surface area contributed by atoms with Crippen LogP contribution in [0.5, 0.6) is 5.75 Å². The van der Waals surface area contributed by atoms with Crippen molar-refractivity contribution < 1.29 is 9.53 Å². The van der Waals surface area contributed by atoms with Crippen molar-refractivity contribution in [1.29, 1.82) is 0 Å². The number of hydrogen-bond acceptors (Lipinski definition) is 3. The predicted octanol–water partition coefficient (Wildman–Crippen LogP) is 2.01. The Kier molecular flexibility index (Phi) is 8.66. The molecule has 0 aliphatic carbocycles. The summed E-state index contributed by atoms with van der Waals surface area (Å²) in [6, 6.07) is 7.12. The molecule has 18 heavy (non-hydrogen) atoms. The number of likely N-dealkylation sites (N-methyl/N-ethyl adjacent to an activating group) is 1. The van der Waals surface area contributed by atoms with Crippen molar-refractivity contribution in [2.45, 2.75) is 13.8 Å². The van der Waals surface area contributed by atoms with Crippen LogP contribution in [0.25, 0.3) is 0 Å². The molecule has 0 saturated heterocycles. The molecule has 0 spiro atoms. The first-order chi connectivity index (χ1) is 8.63. The van der Waals surface area contributed by atoms with E-state index in [2.05, 4.69) is 10.2 Å². The minimum atomic E-state index is -0.0835. The maximum atomic E-state index is 11.3. The maximum Gasteiger partial charge on any atom is 0.251 e. The van der Waals surface area contributed by atoms with Gasteiger partial charge < -0.3 is 15.0 Å². The SMILES string of the molecule is CC.CNC(=O)c1ccc(OCCN(C)C)cc1. The third-order valence-electron chi connectivity index (χ3n) is 2.15. The van der Waals surface area contributed by atoms with E-state index >= 15 is 0 Å². The van der Waals surface area contributed by atoms with Gasteiger partial charge in [-0.2, -0.15) is 0 Å². The molecule has 0 atom stereocenters. The lowest BCUT2D eigenvalue weighted by Gasteiger charge is -2.11. The van der Waals surface area contributed by atoms with Gasteiger partial charge in [-0.05, 0) is 38.4 Å². The summed E-state index contributed by atoms with van der Waals surface area (Å²) in [5, 5.41) is 2.57. The lowest BCUT2D eigenvalue weighted by atomic mass is 10.2. The van der Waals surface area contributed by atoms with Crippen LogP contribution in [0, 0.1) is 0 Å². The van der Waals surface area contributed by atoms with E-state index < -0.39 is 0 Å². The molecule has 1 N–H and O–H groups in total. The third kappa shape index (κ3) is 6.25. The van der Waals surface area contributed by atoms with E-state index in [0.29, 0.717) is 12.2 Å². The van der Waals surface area contributed by atoms with Crippen LogP contribution >= 0.6 is 0 Å². The molecule has 0 aliphatic heterocycles. The number of carbonyl (C=O) groups is 1. The summed E-state index contributed by atoms with van der Waals surface area (Å²) >= 11 is 0. The van der Waals surface area contributed by atoms with Crippen LogP contribution in [0.2, 0.25) is 0 Å². The second-order valence-corrected chi connectivity index (χ2v) is 3.76. The van der Waals surface area contributed by atoms with Crippen LogP contribution in [-0.4, -0.2) is 45.1 Å². The number of carbonyl (C=O) groups excluding carboxylic acids is 1. The molecule has 1 aromatic rings. The number of amides is 1. The van der Waals surface area contributed by atoms with Crippen molar-refractivity contribution in [3.63, 3.8) is 0 Å². The summed E-state index contributed by atoms with van der Waals surface area (Å²) < 4.78 is 5.51. The van der Waals surface area contributed by atoms with Gasteiger partial charge in [0.1, 0.15) is 12.4 Å². The lowest BCUT2D eigenvalue weighted by molar-refractivity contribution is 0.0963. The predicted molar refractivity (Wildman–Crippen MR) is 75.2 cm³/mol. The topological polar surface area (TPSA) is 41.6 Å². The van der Waals surface area contributed by atoms with E-state index in [1.165, 1.54) is 0 Å². The molecule has 1 amide bonds. The summed E-state index contributed by atoms with van der Waals surface area (Å²) in [7, 11) is 5.61. The van der Waals surface area contributed by atoms with Crippen LogP contribution in [0.1, 0.15) is 24.2 Å². The van der Waals surface area contributed by atoms with Crippen LogP contribution < -0.4 is 10.1 Å². The highest BCUT2D eigenvalue weighted by Gasteiger charge is 2.02. The summed E-state index contributed by atoms with van der Waals surface area (Å²) in [5.41, 5.74) is 0.641. The van der Waals surface area contributed by atoms with Gasteiger partial charge in [0.2, 0.25) is 0 Å². The van der Waals surface area contributed by atoms with Crippen LogP contribution in [-0.2, 0) is 0 Å². The molecule has 0 aliphatic rings. The number of hydrogen-bond donors (Lipinski definition) is 1. The molecule has 1 rings (SSSR count). The van der Waals surface area contributed by atoms with E-state index in [4.69, 9.17) is 4.74 Å². The fourth-order valence-corrected chi connectivity index (χ4v) is 1.19. The van der Waals surface area contributed by atoms with Gasteiger partial charge in [0, 0.05) is 19.2 Å². The monoisotopic (exact) mass is 252 g/mol. The quantitative estimate of drug-likeness (QED) is 0.871. The van der Waals surface area contributed by atoms with Gasteiger partial charge in [-0.25, -0.2) is 0 Å². The normalized spacial score (nSPS) is 9.44. The number of nitrogens with one attached hydrogen (secondary N) is 1. The third-order valence-corrected chi connectivity index (χ3v) is 2.15. The van der Waals surface area contributed by atoms with Gasteiger partial charge in [0.15, 0.2) is 0 Å². The average molecular weight is 252 g/mol.